The second-order valence-corrected chi connectivity index (χ2v) is 8.61. The van der Waals surface area contributed by atoms with Gasteiger partial charge in [0, 0.05) is 39.3 Å². The Morgan fingerprint density at radius 2 is 1.79 bits per heavy atom. The highest BCUT2D eigenvalue weighted by Crippen LogP contribution is 2.15. The number of nitrogens with zero attached hydrogens (tertiary/aromatic N) is 3. The normalized spacial score (nSPS) is 15.9. The number of rotatable bonds is 9. The molecular formula is C22H40IN5O. The Labute approximate surface area is 194 Å². The van der Waals surface area contributed by atoms with Gasteiger partial charge in [-0.05, 0) is 37.6 Å². The number of hydrogen-bond acceptors (Lipinski definition) is 4. The fourth-order valence-electron chi connectivity index (χ4n) is 3.61. The van der Waals surface area contributed by atoms with Gasteiger partial charge in [-0.3, -0.25) is 4.90 Å². The van der Waals surface area contributed by atoms with Gasteiger partial charge >= 0.3 is 0 Å². The molecule has 2 N–H and O–H groups in total. The van der Waals surface area contributed by atoms with E-state index in [1.165, 1.54) is 11.1 Å². The van der Waals surface area contributed by atoms with Crippen LogP contribution in [-0.4, -0.2) is 75.8 Å². The van der Waals surface area contributed by atoms with Gasteiger partial charge in [0.25, 0.3) is 0 Å². The highest BCUT2D eigenvalue weighted by molar-refractivity contribution is 14.0. The summed E-state index contributed by atoms with van der Waals surface area (Å²) in [5.74, 6) is 0.885. The summed E-state index contributed by atoms with van der Waals surface area (Å²) < 4.78 is 5.47. The lowest BCUT2D eigenvalue weighted by Gasteiger charge is -2.29. The number of nitrogens with one attached hydrogen (secondary N) is 2. The van der Waals surface area contributed by atoms with Crippen molar-refractivity contribution in [3.63, 3.8) is 0 Å². The van der Waals surface area contributed by atoms with Crippen molar-refractivity contribution in [1.82, 2.24) is 20.4 Å². The predicted octanol–water partition coefficient (Wildman–Crippen LogP) is 2.78. The van der Waals surface area contributed by atoms with Gasteiger partial charge in [-0.15, -0.1) is 24.0 Å². The number of morpholine rings is 1. The van der Waals surface area contributed by atoms with Crippen LogP contribution in [0.15, 0.2) is 29.3 Å². The molecule has 0 amide bonds. The van der Waals surface area contributed by atoms with E-state index in [2.05, 4.69) is 79.6 Å². The Morgan fingerprint density at radius 1 is 1.14 bits per heavy atom. The van der Waals surface area contributed by atoms with Crippen LogP contribution in [0, 0.1) is 5.41 Å². The largest absolute Gasteiger partial charge is 0.379 e. The highest BCUT2D eigenvalue weighted by Gasteiger charge is 2.19. The minimum Gasteiger partial charge on any atom is -0.379 e. The van der Waals surface area contributed by atoms with E-state index < -0.39 is 0 Å². The molecule has 1 saturated heterocycles. The predicted molar refractivity (Wildman–Crippen MR) is 133 cm³/mol. The third-order valence-electron chi connectivity index (χ3n) is 4.85. The minimum atomic E-state index is 0. The first kappa shape index (κ1) is 26.1. The van der Waals surface area contributed by atoms with Crippen LogP contribution in [0.5, 0.6) is 0 Å². The monoisotopic (exact) mass is 517 g/mol. The fourth-order valence-corrected chi connectivity index (χ4v) is 3.61. The lowest BCUT2D eigenvalue weighted by molar-refractivity contribution is 0.0341. The van der Waals surface area contributed by atoms with Crippen LogP contribution < -0.4 is 10.6 Å². The number of guanidine groups is 1. The molecule has 0 bridgehead atoms. The molecule has 2 rings (SSSR count). The van der Waals surface area contributed by atoms with Crippen LogP contribution >= 0.6 is 24.0 Å². The van der Waals surface area contributed by atoms with E-state index in [4.69, 9.17) is 9.73 Å². The standard InChI is InChI=1S/C22H39N5O.HI/c1-6-23-21(25-17-22(2,3)18-26(4)5)24-15-19-9-7-8-10-20(19)16-27-11-13-28-14-12-27;/h7-10H,6,11-18H2,1-5H3,(H2,23,24,25);1H. The summed E-state index contributed by atoms with van der Waals surface area (Å²) in [6.07, 6.45) is 0. The van der Waals surface area contributed by atoms with Gasteiger partial charge in [-0.1, -0.05) is 38.1 Å². The van der Waals surface area contributed by atoms with Gasteiger partial charge < -0.3 is 20.3 Å². The van der Waals surface area contributed by atoms with E-state index in [-0.39, 0.29) is 29.4 Å². The van der Waals surface area contributed by atoms with Gasteiger partial charge in [-0.25, -0.2) is 4.99 Å². The molecule has 1 aromatic carbocycles. The van der Waals surface area contributed by atoms with Crippen molar-refractivity contribution in [3.8, 4) is 0 Å². The second-order valence-electron chi connectivity index (χ2n) is 8.61. The molecule has 1 heterocycles. The maximum absolute atomic E-state index is 5.47. The summed E-state index contributed by atoms with van der Waals surface area (Å²) in [5.41, 5.74) is 2.82. The van der Waals surface area contributed by atoms with Gasteiger partial charge in [-0.2, -0.15) is 0 Å². The maximum atomic E-state index is 5.47. The first-order valence-electron chi connectivity index (χ1n) is 10.4. The zero-order valence-electron chi connectivity index (χ0n) is 18.8. The second kappa shape index (κ2) is 13.4. The molecule has 7 heteroatoms. The van der Waals surface area contributed by atoms with Crippen molar-refractivity contribution < 1.29 is 4.74 Å². The quantitative estimate of drug-likeness (QED) is 0.300. The molecule has 1 aliphatic rings. The molecule has 0 atom stereocenters. The first-order chi connectivity index (χ1) is 13.4. The van der Waals surface area contributed by atoms with Crippen molar-refractivity contribution in [2.45, 2.75) is 33.9 Å². The van der Waals surface area contributed by atoms with Crippen LogP contribution in [0.25, 0.3) is 0 Å². The minimum absolute atomic E-state index is 0. The van der Waals surface area contributed by atoms with Crippen LogP contribution in [0.2, 0.25) is 0 Å². The molecule has 0 saturated carbocycles. The Kier molecular flexibility index (Phi) is 12.1. The third kappa shape index (κ3) is 10.1. The number of ether oxygens (including phenoxy) is 1. The van der Waals surface area contributed by atoms with Crippen molar-refractivity contribution in [1.29, 1.82) is 0 Å². The molecule has 0 aliphatic carbocycles. The summed E-state index contributed by atoms with van der Waals surface area (Å²) in [5, 5.41) is 6.90. The van der Waals surface area contributed by atoms with Gasteiger partial charge in [0.1, 0.15) is 0 Å². The zero-order valence-corrected chi connectivity index (χ0v) is 21.2. The van der Waals surface area contributed by atoms with Crippen molar-refractivity contribution in [3.05, 3.63) is 35.4 Å². The van der Waals surface area contributed by atoms with E-state index >= 15 is 0 Å². The molecule has 29 heavy (non-hydrogen) atoms. The summed E-state index contributed by atoms with van der Waals surface area (Å²) in [4.78, 5) is 9.54. The Hall–Kier alpha value is -0.900. The fraction of sp³-hybridized carbons (Fsp3) is 0.682. The topological polar surface area (TPSA) is 52.1 Å². The molecule has 166 valence electrons. The zero-order chi connectivity index (χ0) is 20.4. The number of halogens is 1. The molecule has 6 nitrogen and oxygen atoms in total. The van der Waals surface area contributed by atoms with E-state index in [1.807, 2.05) is 0 Å². The Morgan fingerprint density at radius 3 is 2.41 bits per heavy atom. The molecular weight excluding hydrogens is 477 g/mol. The SMILES string of the molecule is CCNC(=NCc1ccccc1CN1CCOCC1)NCC(C)(C)CN(C)C.I. The Bertz CT molecular complexity index is 615. The molecule has 1 aromatic rings. The van der Waals surface area contributed by atoms with E-state index in [1.54, 1.807) is 0 Å². The molecule has 0 unspecified atom stereocenters. The first-order valence-corrected chi connectivity index (χ1v) is 10.4. The van der Waals surface area contributed by atoms with Crippen LogP contribution in [-0.2, 0) is 17.8 Å². The van der Waals surface area contributed by atoms with Crippen LogP contribution in [0.4, 0.5) is 0 Å². The van der Waals surface area contributed by atoms with E-state index in [0.29, 0.717) is 6.54 Å². The lowest BCUT2D eigenvalue weighted by atomic mass is 9.93. The lowest BCUT2D eigenvalue weighted by Crippen LogP contribution is -2.44. The van der Waals surface area contributed by atoms with Gasteiger partial charge in [0.05, 0.1) is 19.8 Å². The number of benzene rings is 1. The number of aliphatic imine (C=N–C) groups is 1. The smallest absolute Gasteiger partial charge is 0.191 e. The number of hydrogen-bond donors (Lipinski definition) is 2. The van der Waals surface area contributed by atoms with Crippen molar-refractivity contribution in [2.75, 3.05) is 60.0 Å². The van der Waals surface area contributed by atoms with E-state index in [0.717, 1.165) is 58.4 Å². The van der Waals surface area contributed by atoms with Crippen LogP contribution in [0.3, 0.4) is 0 Å². The Balaban J connectivity index is 0.00000420. The summed E-state index contributed by atoms with van der Waals surface area (Å²) in [6.45, 7) is 14.7. The van der Waals surface area contributed by atoms with Gasteiger partial charge in [0.2, 0.25) is 0 Å². The van der Waals surface area contributed by atoms with Gasteiger partial charge in [0.15, 0.2) is 5.96 Å². The van der Waals surface area contributed by atoms with E-state index in [9.17, 15) is 0 Å². The third-order valence-corrected chi connectivity index (χ3v) is 4.85. The molecule has 0 spiro atoms. The van der Waals surface area contributed by atoms with Crippen molar-refractivity contribution in [2.24, 2.45) is 10.4 Å². The maximum Gasteiger partial charge on any atom is 0.191 e. The average molecular weight is 518 g/mol. The average Bonchev–Trinajstić information content (AvgIpc) is 2.65. The summed E-state index contributed by atoms with van der Waals surface area (Å²) in [6, 6.07) is 8.64. The molecule has 1 aliphatic heterocycles. The molecule has 1 fully saturated rings. The van der Waals surface area contributed by atoms with Crippen molar-refractivity contribution >= 4 is 29.9 Å². The molecule has 0 aromatic heterocycles. The molecule has 0 radical (unpaired) electrons. The summed E-state index contributed by atoms with van der Waals surface area (Å²) >= 11 is 0. The highest BCUT2D eigenvalue weighted by atomic mass is 127. The summed E-state index contributed by atoms with van der Waals surface area (Å²) in [7, 11) is 4.24. The van der Waals surface area contributed by atoms with Crippen LogP contribution in [0.1, 0.15) is 31.9 Å².